The van der Waals surface area contributed by atoms with E-state index in [9.17, 15) is 4.79 Å². The zero-order valence-corrected chi connectivity index (χ0v) is 21.4. The lowest BCUT2D eigenvalue weighted by molar-refractivity contribution is -0.156. The maximum Gasteiger partial charge on any atom is 0.335 e. The van der Waals surface area contributed by atoms with Gasteiger partial charge in [0.25, 0.3) is 0 Å². The van der Waals surface area contributed by atoms with Crippen LogP contribution in [0, 0.1) is 0 Å². The molecule has 182 valence electrons. The first-order valence-corrected chi connectivity index (χ1v) is 13.1. The molecular formula is C28H35NO4S. The second kappa shape index (κ2) is 13.3. The smallest absolute Gasteiger partial charge is 0.335 e. The molecule has 0 saturated heterocycles. The molecule has 0 radical (unpaired) electrons. The van der Waals surface area contributed by atoms with E-state index < -0.39 is 6.10 Å². The van der Waals surface area contributed by atoms with E-state index in [1.54, 1.807) is 18.7 Å². The average Bonchev–Trinajstić information content (AvgIpc) is 3.27. The molecule has 0 aliphatic carbocycles. The summed E-state index contributed by atoms with van der Waals surface area (Å²) in [6, 6.07) is 20.9. The van der Waals surface area contributed by atoms with Crippen LogP contribution in [0.2, 0.25) is 0 Å². The van der Waals surface area contributed by atoms with Crippen molar-refractivity contribution in [1.29, 1.82) is 0 Å². The van der Waals surface area contributed by atoms with Crippen LogP contribution >= 0.6 is 11.8 Å². The van der Waals surface area contributed by atoms with Crippen LogP contribution in [-0.2, 0) is 33.7 Å². The van der Waals surface area contributed by atoms with Crippen molar-refractivity contribution in [2.45, 2.75) is 51.2 Å². The number of hydrogen-bond acceptors (Lipinski definition) is 5. The van der Waals surface area contributed by atoms with E-state index in [1.807, 2.05) is 31.2 Å². The van der Waals surface area contributed by atoms with E-state index in [1.165, 1.54) is 21.8 Å². The maximum absolute atomic E-state index is 12.1. The summed E-state index contributed by atoms with van der Waals surface area (Å²) in [6.45, 7) is 8.01. The molecule has 0 saturated carbocycles. The van der Waals surface area contributed by atoms with E-state index >= 15 is 0 Å². The second-order valence-electron chi connectivity index (χ2n) is 7.84. The third kappa shape index (κ3) is 6.90. The highest BCUT2D eigenvalue weighted by Gasteiger charge is 2.20. The van der Waals surface area contributed by atoms with Gasteiger partial charge in [-0.15, -0.1) is 11.8 Å². The fourth-order valence-corrected chi connectivity index (χ4v) is 4.34. The number of ether oxygens (including phenoxy) is 3. The molecule has 2 aromatic carbocycles. The second-order valence-corrected chi connectivity index (χ2v) is 8.72. The summed E-state index contributed by atoms with van der Waals surface area (Å²) < 4.78 is 19.1. The fourth-order valence-electron chi connectivity index (χ4n) is 3.93. The number of carbonyl (C=O) groups is 1. The van der Waals surface area contributed by atoms with Gasteiger partial charge in [-0.25, -0.2) is 4.79 Å². The number of nitrogens with zero attached hydrogens (tertiary/aromatic N) is 1. The van der Waals surface area contributed by atoms with E-state index in [0.29, 0.717) is 26.2 Å². The first-order valence-electron chi connectivity index (χ1n) is 11.9. The van der Waals surface area contributed by atoms with E-state index in [0.717, 1.165) is 24.3 Å². The number of thioether (sulfide) groups is 1. The number of hydrogen-bond donors (Lipinski definition) is 0. The third-order valence-corrected chi connectivity index (χ3v) is 6.41. The number of carbonyl (C=O) groups excluding carboxylic acids is 1. The molecule has 1 aromatic heterocycles. The summed E-state index contributed by atoms with van der Waals surface area (Å²) in [4.78, 5) is 13.4. The molecule has 3 aromatic rings. The molecule has 1 atom stereocenters. The predicted octanol–water partition coefficient (Wildman–Crippen LogP) is 6.03. The number of benzene rings is 2. The first-order chi connectivity index (χ1) is 16.6. The summed E-state index contributed by atoms with van der Waals surface area (Å²) in [5, 5.41) is 0. The van der Waals surface area contributed by atoms with Gasteiger partial charge in [-0.1, -0.05) is 31.2 Å². The molecule has 1 heterocycles. The largest absolute Gasteiger partial charge is 0.492 e. The van der Waals surface area contributed by atoms with Crippen molar-refractivity contribution in [2.75, 3.05) is 26.1 Å². The van der Waals surface area contributed by atoms with Gasteiger partial charge in [0.15, 0.2) is 6.10 Å². The number of aryl methyl sites for hydroxylation is 1. The minimum atomic E-state index is -0.582. The van der Waals surface area contributed by atoms with Crippen LogP contribution < -0.4 is 4.74 Å². The summed E-state index contributed by atoms with van der Waals surface area (Å²) in [6.07, 6.45) is 2.96. The first kappa shape index (κ1) is 25.9. The predicted molar refractivity (Wildman–Crippen MR) is 139 cm³/mol. The SMILES string of the molecule is CCOC(=O)[C@H](Cc1ccc(OCCn2c(CC)ccc2-c2ccc(SC)cc2)cc1)OCC. The van der Waals surface area contributed by atoms with Gasteiger partial charge in [0.05, 0.1) is 13.2 Å². The van der Waals surface area contributed by atoms with Crippen LogP contribution in [0.15, 0.2) is 65.6 Å². The molecule has 6 heteroatoms. The topological polar surface area (TPSA) is 49.7 Å². The Morgan fingerprint density at radius 3 is 2.29 bits per heavy atom. The normalized spacial score (nSPS) is 11.9. The molecule has 0 spiro atoms. The van der Waals surface area contributed by atoms with Crippen LogP contribution in [-0.4, -0.2) is 42.7 Å². The van der Waals surface area contributed by atoms with Gasteiger partial charge in [-0.05, 0) is 74.0 Å². The van der Waals surface area contributed by atoms with Gasteiger partial charge < -0.3 is 18.8 Å². The summed E-state index contributed by atoms with van der Waals surface area (Å²) in [5.74, 6) is 0.492. The monoisotopic (exact) mass is 481 g/mol. The quantitative estimate of drug-likeness (QED) is 0.220. The Labute approximate surface area is 207 Å². The van der Waals surface area contributed by atoms with Crippen LogP contribution in [0.1, 0.15) is 32.0 Å². The average molecular weight is 482 g/mol. The van der Waals surface area contributed by atoms with Gasteiger partial charge in [-0.3, -0.25) is 0 Å². The Morgan fingerprint density at radius 1 is 0.941 bits per heavy atom. The van der Waals surface area contributed by atoms with Crippen molar-refractivity contribution >= 4 is 17.7 Å². The molecule has 0 aliphatic heterocycles. The van der Waals surface area contributed by atoms with Crippen molar-refractivity contribution in [3.63, 3.8) is 0 Å². The van der Waals surface area contributed by atoms with Gasteiger partial charge in [0.2, 0.25) is 0 Å². The zero-order chi connectivity index (χ0) is 24.3. The van der Waals surface area contributed by atoms with Gasteiger partial charge in [0, 0.05) is 29.3 Å². The standard InChI is InChI=1S/C28H35NO4S/c1-5-23-12-17-26(22-10-15-25(34-4)16-11-22)29(23)18-19-33-24-13-8-21(9-14-24)20-27(31-6-2)28(30)32-7-3/h8-17,27H,5-7,18-20H2,1-4H3/t27-/m0/s1. The third-order valence-electron chi connectivity index (χ3n) is 5.66. The lowest BCUT2D eigenvalue weighted by Crippen LogP contribution is -2.28. The molecule has 0 fully saturated rings. The Balaban J connectivity index is 1.61. The number of rotatable bonds is 13. The highest BCUT2D eigenvalue weighted by Crippen LogP contribution is 2.26. The lowest BCUT2D eigenvalue weighted by Gasteiger charge is -2.16. The summed E-state index contributed by atoms with van der Waals surface area (Å²) in [5.41, 5.74) is 4.73. The van der Waals surface area contributed by atoms with Crippen LogP contribution in [0.5, 0.6) is 5.75 Å². The fraction of sp³-hybridized carbons (Fsp3) is 0.393. The maximum atomic E-state index is 12.1. The highest BCUT2D eigenvalue weighted by molar-refractivity contribution is 7.98. The Kier molecular flexibility index (Phi) is 10.1. The molecule has 5 nitrogen and oxygen atoms in total. The molecular weight excluding hydrogens is 446 g/mol. The van der Waals surface area contributed by atoms with Crippen molar-refractivity contribution in [1.82, 2.24) is 4.57 Å². The molecule has 34 heavy (non-hydrogen) atoms. The van der Waals surface area contributed by atoms with Crippen LogP contribution in [0.4, 0.5) is 0 Å². The van der Waals surface area contributed by atoms with Crippen molar-refractivity contribution in [3.8, 4) is 17.0 Å². The van der Waals surface area contributed by atoms with E-state index in [-0.39, 0.29) is 5.97 Å². The zero-order valence-electron chi connectivity index (χ0n) is 20.6. The summed E-state index contributed by atoms with van der Waals surface area (Å²) >= 11 is 1.75. The van der Waals surface area contributed by atoms with Gasteiger partial charge >= 0.3 is 5.97 Å². The molecule has 0 N–H and O–H groups in total. The Hall–Kier alpha value is -2.70. The van der Waals surface area contributed by atoms with Crippen molar-refractivity contribution < 1.29 is 19.0 Å². The van der Waals surface area contributed by atoms with E-state index in [4.69, 9.17) is 14.2 Å². The van der Waals surface area contributed by atoms with Gasteiger partial charge in [0.1, 0.15) is 12.4 Å². The lowest BCUT2D eigenvalue weighted by atomic mass is 10.1. The van der Waals surface area contributed by atoms with Crippen LogP contribution in [0.25, 0.3) is 11.3 Å². The Morgan fingerprint density at radius 2 is 1.68 bits per heavy atom. The highest BCUT2D eigenvalue weighted by atomic mass is 32.2. The number of aromatic nitrogens is 1. The minimum absolute atomic E-state index is 0.318. The molecule has 0 unspecified atom stereocenters. The van der Waals surface area contributed by atoms with Crippen molar-refractivity contribution in [3.05, 3.63) is 71.9 Å². The molecule has 0 bridgehead atoms. The van der Waals surface area contributed by atoms with Crippen LogP contribution in [0.3, 0.4) is 0 Å². The van der Waals surface area contributed by atoms with E-state index in [2.05, 4.69) is 54.1 Å². The minimum Gasteiger partial charge on any atom is -0.492 e. The Bertz CT molecular complexity index is 1030. The molecule has 3 rings (SSSR count). The van der Waals surface area contributed by atoms with Crippen molar-refractivity contribution in [2.24, 2.45) is 0 Å². The van der Waals surface area contributed by atoms with Gasteiger partial charge in [-0.2, -0.15) is 0 Å². The summed E-state index contributed by atoms with van der Waals surface area (Å²) in [7, 11) is 0. The molecule has 0 amide bonds. The number of esters is 1. The molecule has 0 aliphatic rings.